The summed E-state index contributed by atoms with van der Waals surface area (Å²) >= 11 is 0. The molecule has 1 aliphatic rings. The summed E-state index contributed by atoms with van der Waals surface area (Å²) in [7, 11) is 0. The van der Waals surface area contributed by atoms with Gasteiger partial charge in [0.1, 0.15) is 5.82 Å². The standard InChI is InChI=1S/C10H13FN2/c11-9-4-2-1-3-7(9)8-5-13-6-10(8)12/h1-4,8,10,13H,5-6,12H2/t8-,10+/m0/s1. The number of nitrogens with two attached hydrogens (primary N) is 1. The molecule has 1 fully saturated rings. The summed E-state index contributed by atoms with van der Waals surface area (Å²) in [6.45, 7) is 1.56. The van der Waals surface area contributed by atoms with Crippen LogP contribution < -0.4 is 11.1 Å². The average Bonchev–Trinajstić information content (AvgIpc) is 2.52. The van der Waals surface area contributed by atoms with E-state index in [0.717, 1.165) is 18.7 Å². The Labute approximate surface area is 76.9 Å². The predicted molar refractivity (Wildman–Crippen MR) is 50.0 cm³/mol. The number of rotatable bonds is 1. The Morgan fingerprint density at radius 1 is 1.31 bits per heavy atom. The first-order chi connectivity index (χ1) is 6.29. The molecule has 0 unspecified atom stereocenters. The second-order valence-electron chi connectivity index (χ2n) is 3.45. The molecule has 0 bridgehead atoms. The fourth-order valence-corrected chi connectivity index (χ4v) is 1.82. The average molecular weight is 180 g/mol. The summed E-state index contributed by atoms with van der Waals surface area (Å²) < 4.78 is 13.3. The molecule has 0 aliphatic carbocycles. The van der Waals surface area contributed by atoms with Crippen LogP contribution in [0.25, 0.3) is 0 Å². The van der Waals surface area contributed by atoms with E-state index in [1.54, 1.807) is 6.07 Å². The van der Waals surface area contributed by atoms with Crippen molar-refractivity contribution < 1.29 is 4.39 Å². The zero-order valence-corrected chi connectivity index (χ0v) is 7.33. The zero-order chi connectivity index (χ0) is 9.26. The van der Waals surface area contributed by atoms with Crippen molar-refractivity contribution in [3.05, 3.63) is 35.6 Å². The van der Waals surface area contributed by atoms with Crippen molar-refractivity contribution in [3.63, 3.8) is 0 Å². The largest absolute Gasteiger partial charge is 0.326 e. The van der Waals surface area contributed by atoms with Crippen molar-refractivity contribution >= 4 is 0 Å². The summed E-state index contributed by atoms with van der Waals surface area (Å²) in [6, 6.07) is 6.89. The van der Waals surface area contributed by atoms with Crippen LogP contribution in [0.1, 0.15) is 11.5 Å². The minimum atomic E-state index is -0.147. The second kappa shape index (κ2) is 3.44. The molecule has 3 N–H and O–H groups in total. The molecule has 0 amide bonds. The van der Waals surface area contributed by atoms with Gasteiger partial charge in [-0.15, -0.1) is 0 Å². The lowest BCUT2D eigenvalue weighted by atomic mass is 9.94. The summed E-state index contributed by atoms with van der Waals surface area (Å²) in [6.07, 6.45) is 0. The molecule has 1 saturated heterocycles. The fourth-order valence-electron chi connectivity index (χ4n) is 1.82. The Hall–Kier alpha value is -0.930. The van der Waals surface area contributed by atoms with E-state index >= 15 is 0 Å². The third-order valence-corrected chi connectivity index (χ3v) is 2.57. The lowest BCUT2D eigenvalue weighted by Gasteiger charge is -2.14. The highest BCUT2D eigenvalue weighted by Gasteiger charge is 2.26. The first-order valence-electron chi connectivity index (χ1n) is 4.50. The van der Waals surface area contributed by atoms with Gasteiger partial charge in [0.25, 0.3) is 0 Å². The van der Waals surface area contributed by atoms with Gasteiger partial charge in [0, 0.05) is 25.0 Å². The van der Waals surface area contributed by atoms with Crippen LogP contribution in [0, 0.1) is 5.82 Å². The van der Waals surface area contributed by atoms with E-state index in [9.17, 15) is 4.39 Å². The minimum absolute atomic E-state index is 0.0388. The first-order valence-corrected chi connectivity index (χ1v) is 4.50. The number of halogens is 1. The van der Waals surface area contributed by atoms with Gasteiger partial charge >= 0.3 is 0 Å². The molecule has 0 radical (unpaired) electrons. The monoisotopic (exact) mass is 180 g/mol. The molecule has 2 atom stereocenters. The first kappa shape index (κ1) is 8.66. The number of hydrogen-bond acceptors (Lipinski definition) is 2. The number of nitrogens with one attached hydrogen (secondary N) is 1. The van der Waals surface area contributed by atoms with Crippen LogP contribution in [0.5, 0.6) is 0 Å². The molecule has 2 rings (SSSR count). The second-order valence-corrected chi connectivity index (χ2v) is 3.45. The topological polar surface area (TPSA) is 38.0 Å². The van der Waals surface area contributed by atoms with Gasteiger partial charge in [-0.2, -0.15) is 0 Å². The van der Waals surface area contributed by atoms with Crippen LogP contribution in [0.15, 0.2) is 24.3 Å². The molecule has 70 valence electrons. The molecule has 1 heterocycles. The summed E-state index contributed by atoms with van der Waals surface area (Å²) in [5.74, 6) is -0.0205. The van der Waals surface area contributed by atoms with Crippen LogP contribution in [0.3, 0.4) is 0 Å². The van der Waals surface area contributed by atoms with E-state index in [1.165, 1.54) is 6.07 Å². The highest BCUT2D eigenvalue weighted by molar-refractivity contribution is 5.25. The van der Waals surface area contributed by atoms with E-state index in [2.05, 4.69) is 5.32 Å². The zero-order valence-electron chi connectivity index (χ0n) is 7.33. The van der Waals surface area contributed by atoms with Crippen molar-refractivity contribution in [1.29, 1.82) is 0 Å². The number of benzene rings is 1. The Balaban J connectivity index is 2.29. The van der Waals surface area contributed by atoms with Crippen LogP contribution in [0.2, 0.25) is 0 Å². The maximum absolute atomic E-state index is 13.3. The normalized spacial score (nSPS) is 27.8. The van der Waals surface area contributed by atoms with Gasteiger partial charge in [-0.25, -0.2) is 4.39 Å². The van der Waals surface area contributed by atoms with Crippen LogP contribution in [0.4, 0.5) is 4.39 Å². The maximum Gasteiger partial charge on any atom is 0.126 e. The minimum Gasteiger partial charge on any atom is -0.326 e. The molecule has 1 aliphatic heterocycles. The van der Waals surface area contributed by atoms with E-state index in [0.29, 0.717) is 0 Å². The fraction of sp³-hybridized carbons (Fsp3) is 0.400. The van der Waals surface area contributed by atoms with Gasteiger partial charge in [-0.1, -0.05) is 18.2 Å². The van der Waals surface area contributed by atoms with E-state index < -0.39 is 0 Å². The lowest BCUT2D eigenvalue weighted by molar-refractivity contribution is 0.566. The smallest absolute Gasteiger partial charge is 0.126 e. The molecule has 3 heteroatoms. The Bertz CT molecular complexity index is 301. The highest BCUT2D eigenvalue weighted by Crippen LogP contribution is 2.23. The van der Waals surface area contributed by atoms with Crippen molar-refractivity contribution in [3.8, 4) is 0 Å². The predicted octanol–water partition coefficient (Wildman–Crippen LogP) is 0.840. The lowest BCUT2D eigenvalue weighted by Crippen LogP contribution is -2.28. The van der Waals surface area contributed by atoms with Crippen LogP contribution in [-0.4, -0.2) is 19.1 Å². The molecule has 2 nitrogen and oxygen atoms in total. The molecule has 1 aromatic rings. The van der Waals surface area contributed by atoms with Crippen molar-refractivity contribution in [2.24, 2.45) is 5.73 Å². The van der Waals surface area contributed by atoms with Gasteiger partial charge < -0.3 is 11.1 Å². The van der Waals surface area contributed by atoms with Crippen molar-refractivity contribution in [1.82, 2.24) is 5.32 Å². The number of hydrogen-bond donors (Lipinski definition) is 2. The van der Waals surface area contributed by atoms with Gasteiger partial charge in [-0.3, -0.25) is 0 Å². The van der Waals surface area contributed by atoms with Crippen molar-refractivity contribution in [2.75, 3.05) is 13.1 Å². The Kier molecular flexibility index (Phi) is 2.29. The SMILES string of the molecule is N[C@@H]1CNC[C@H]1c1ccccc1F. The maximum atomic E-state index is 13.3. The van der Waals surface area contributed by atoms with Crippen LogP contribution >= 0.6 is 0 Å². The molecule has 13 heavy (non-hydrogen) atoms. The van der Waals surface area contributed by atoms with E-state index in [4.69, 9.17) is 5.73 Å². The summed E-state index contributed by atoms with van der Waals surface area (Å²) in [4.78, 5) is 0. The molecular formula is C10H13FN2. The molecule has 0 spiro atoms. The van der Waals surface area contributed by atoms with Crippen LogP contribution in [-0.2, 0) is 0 Å². The summed E-state index contributed by atoms with van der Waals surface area (Å²) in [5.41, 5.74) is 6.59. The van der Waals surface area contributed by atoms with Gasteiger partial charge in [-0.05, 0) is 11.6 Å². The van der Waals surface area contributed by atoms with Gasteiger partial charge in [0.2, 0.25) is 0 Å². The third-order valence-electron chi connectivity index (χ3n) is 2.57. The molecular weight excluding hydrogens is 167 g/mol. The van der Waals surface area contributed by atoms with Gasteiger partial charge in [0.15, 0.2) is 0 Å². The van der Waals surface area contributed by atoms with Crippen molar-refractivity contribution in [2.45, 2.75) is 12.0 Å². The molecule has 0 aromatic heterocycles. The summed E-state index contributed by atoms with van der Waals surface area (Å²) in [5, 5.41) is 3.16. The third kappa shape index (κ3) is 1.57. The quantitative estimate of drug-likeness (QED) is 0.672. The highest BCUT2D eigenvalue weighted by atomic mass is 19.1. The van der Waals surface area contributed by atoms with E-state index in [1.807, 2.05) is 12.1 Å². The Morgan fingerprint density at radius 2 is 2.08 bits per heavy atom. The molecule has 1 aromatic carbocycles. The molecule has 0 saturated carbocycles. The van der Waals surface area contributed by atoms with E-state index in [-0.39, 0.29) is 17.8 Å². The Morgan fingerprint density at radius 3 is 2.69 bits per heavy atom. The van der Waals surface area contributed by atoms with Gasteiger partial charge in [0.05, 0.1) is 0 Å².